The normalized spacial score (nSPS) is 17.3. The molecule has 8 nitrogen and oxygen atoms in total. The Morgan fingerprint density at radius 2 is 2.24 bits per heavy atom. The second-order valence-corrected chi connectivity index (χ2v) is 5.68. The number of aliphatic carboxylic acids is 1. The van der Waals surface area contributed by atoms with E-state index >= 15 is 0 Å². The van der Waals surface area contributed by atoms with Crippen LogP contribution in [0.1, 0.15) is 38.8 Å². The molecule has 2 rings (SSSR count). The predicted octanol–water partition coefficient (Wildman–Crippen LogP) is 1.95. The molecule has 0 radical (unpaired) electrons. The molecule has 0 saturated heterocycles. The predicted molar refractivity (Wildman–Crippen MR) is 76.2 cm³/mol. The van der Waals surface area contributed by atoms with Crippen LogP contribution in [-0.2, 0) is 18.3 Å². The summed E-state index contributed by atoms with van der Waals surface area (Å²) in [7, 11) is 1.59. The van der Waals surface area contributed by atoms with Crippen LogP contribution in [0.5, 0.6) is 0 Å². The molecule has 0 aliphatic heterocycles. The van der Waals surface area contributed by atoms with E-state index < -0.39 is 16.4 Å². The van der Waals surface area contributed by atoms with Crippen molar-refractivity contribution in [2.75, 3.05) is 5.32 Å². The lowest BCUT2D eigenvalue weighted by Gasteiger charge is -2.26. The fourth-order valence-corrected chi connectivity index (χ4v) is 2.54. The number of nitrogens with zero attached hydrogens (tertiary/aromatic N) is 3. The van der Waals surface area contributed by atoms with Crippen molar-refractivity contribution < 1.29 is 14.8 Å². The second kappa shape index (κ2) is 5.34. The fraction of sp³-hybridized carbons (Fsp3) is 0.692. The molecular formula is C13H20N4O4. The third-order valence-corrected chi connectivity index (χ3v) is 3.98. The van der Waals surface area contributed by atoms with E-state index in [0.29, 0.717) is 12.1 Å². The summed E-state index contributed by atoms with van der Waals surface area (Å²) in [5, 5.41) is 27.8. The molecule has 0 amide bonds. The molecule has 1 aliphatic rings. The first kappa shape index (κ1) is 15.3. The SMILES string of the molecule is CCCc1nn(C)c(NC(C)(C(=O)O)C2CC2)c1[N+](=O)[O-]. The minimum atomic E-state index is -1.21. The van der Waals surface area contributed by atoms with E-state index in [2.05, 4.69) is 10.4 Å². The molecule has 21 heavy (non-hydrogen) atoms. The van der Waals surface area contributed by atoms with Crippen LogP contribution >= 0.6 is 0 Å². The van der Waals surface area contributed by atoms with Gasteiger partial charge in [0.25, 0.3) is 0 Å². The lowest BCUT2D eigenvalue weighted by Crippen LogP contribution is -2.46. The molecular weight excluding hydrogens is 276 g/mol. The molecule has 1 heterocycles. The first-order valence-electron chi connectivity index (χ1n) is 7.03. The number of carboxylic acid groups (broad SMARTS) is 1. The highest BCUT2D eigenvalue weighted by molar-refractivity contribution is 5.84. The third kappa shape index (κ3) is 2.70. The number of carbonyl (C=O) groups is 1. The summed E-state index contributed by atoms with van der Waals surface area (Å²) in [5.74, 6) is -0.850. The summed E-state index contributed by atoms with van der Waals surface area (Å²) in [6.45, 7) is 3.49. The summed E-state index contributed by atoms with van der Waals surface area (Å²) in [6, 6.07) is 0. The van der Waals surface area contributed by atoms with Crippen LogP contribution in [-0.4, -0.2) is 31.3 Å². The zero-order valence-electron chi connectivity index (χ0n) is 12.4. The number of hydrogen-bond acceptors (Lipinski definition) is 5. The quantitative estimate of drug-likeness (QED) is 0.587. The van der Waals surface area contributed by atoms with Crippen molar-refractivity contribution in [2.45, 2.75) is 45.1 Å². The van der Waals surface area contributed by atoms with Crippen LogP contribution in [0.3, 0.4) is 0 Å². The van der Waals surface area contributed by atoms with E-state index in [9.17, 15) is 20.0 Å². The summed E-state index contributed by atoms with van der Waals surface area (Å²) in [4.78, 5) is 22.4. The molecule has 1 saturated carbocycles. The monoisotopic (exact) mass is 296 g/mol. The maximum absolute atomic E-state index is 11.6. The minimum absolute atomic E-state index is 0.0147. The summed E-state index contributed by atoms with van der Waals surface area (Å²) in [5.41, 5.74) is -0.939. The number of hydrogen-bond donors (Lipinski definition) is 2. The highest BCUT2D eigenvalue weighted by Crippen LogP contribution is 2.43. The Morgan fingerprint density at radius 1 is 1.62 bits per heavy atom. The lowest BCUT2D eigenvalue weighted by atomic mass is 9.96. The molecule has 1 aromatic heterocycles. The number of carboxylic acids is 1. The molecule has 1 unspecified atom stereocenters. The van der Waals surface area contributed by atoms with E-state index in [4.69, 9.17) is 0 Å². The van der Waals surface area contributed by atoms with Crippen LogP contribution < -0.4 is 5.32 Å². The van der Waals surface area contributed by atoms with Gasteiger partial charge in [-0.3, -0.25) is 10.1 Å². The zero-order valence-corrected chi connectivity index (χ0v) is 12.4. The molecule has 8 heteroatoms. The Balaban J connectivity index is 2.43. The number of anilines is 1. The number of nitrogens with one attached hydrogen (secondary N) is 1. The van der Waals surface area contributed by atoms with Gasteiger partial charge < -0.3 is 10.4 Å². The highest BCUT2D eigenvalue weighted by atomic mass is 16.6. The largest absolute Gasteiger partial charge is 0.480 e. The van der Waals surface area contributed by atoms with Crippen molar-refractivity contribution in [3.8, 4) is 0 Å². The van der Waals surface area contributed by atoms with Gasteiger partial charge in [-0.25, -0.2) is 9.48 Å². The van der Waals surface area contributed by atoms with E-state index in [1.807, 2.05) is 6.92 Å². The highest BCUT2D eigenvalue weighted by Gasteiger charge is 2.49. The second-order valence-electron chi connectivity index (χ2n) is 5.68. The van der Waals surface area contributed by atoms with E-state index in [0.717, 1.165) is 19.3 Å². The minimum Gasteiger partial charge on any atom is -0.480 e. The van der Waals surface area contributed by atoms with Crippen molar-refractivity contribution >= 4 is 17.5 Å². The number of aryl methyl sites for hydroxylation is 2. The first-order chi connectivity index (χ1) is 9.81. The number of rotatable bonds is 7. The summed E-state index contributed by atoms with van der Waals surface area (Å²) in [6.07, 6.45) is 2.84. The molecule has 0 spiro atoms. The van der Waals surface area contributed by atoms with Gasteiger partial charge in [-0.2, -0.15) is 5.10 Å². The molecule has 1 aliphatic carbocycles. The first-order valence-corrected chi connectivity index (χ1v) is 7.03. The Labute approximate surface area is 122 Å². The van der Waals surface area contributed by atoms with Crippen LogP contribution in [0.4, 0.5) is 11.5 Å². The zero-order chi connectivity index (χ0) is 15.8. The number of aromatic nitrogens is 2. The van der Waals surface area contributed by atoms with Gasteiger partial charge in [-0.05, 0) is 32.1 Å². The molecule has 1 fully saturated rings. The van der Waals surface area contributed by atoms with E-state index in [1.54, 1.807) is 14.0 Å². The van der Waals surface area contributed by atoms with Gasteiger partial charge in [0.1, 0.15) is 11.2 Å². The van der Waals surface area contributed by atoms with Gasteiger partial charge >= 0.3 is 11.7 Å². The van der Waals surface area contributed by atoms with Crippen molar-refractivity contribution in [2.24, 2.45) is 13.0 Å². The van der Waals surface area contributed by atoms with Crippen LogP contribution in [0.25, 0.3) is 0 Å². The smallest absolute Gasteiger partial charge is 0.334 e. The van der Waals surface area contributed by atoms with Crippen molar-refractivity contribution in [3.63, 3.8) is 0 Å². The van der Waals surface area contributed by atoms with Crippen molar-refractivity contribution in [1.29, 1.82) is 0 Å². The van der Waals surface area contributed by atoms with Gasteiger partial charge in [0.05, 0.1) is 4.92 Å². The van der Waals surface area contributed by atoms with Gasteiger partial charge in [0.2, 0.25) is 5.82 Å². The maximum atomic E-state index is 11.6. The Bertz CT molecular complexity index is 579. The molecule has 1 aromatic rings. The molecule has 0 aromatic carbocycles. The van der Waals surface area contributed by atoms with Crippen LogP contribution in [0, 0.1) is 16.0 Å². The summed E-state index contributed by atoms with van der Waals surface area (Å²) >= 11 is 0. The lowest BCUT2D eigenvalue weighted by molar-refractivity contribution is -0.384. The average molecular weight is 296 g/mol. The fourth-order valence-electron chi connectivity index (χ4n) is 2.54. The maximum Gasteiger partial charge on any atom is 0.334 e. The van der Waals surface area contributed by atoms with E-state index in [1.165, 1.54) is 4.68 Å². The van der Waals surface area contributed by atoms with Crippen LogP contribution in [0.2, 0.25) is 0 Å². The van der Waals surface area contributed by atoms with Crippen molar-refractivity contribution in [1.82, 2.24) is 9.78 Å². The Hall–Kier alpha value is -2.12. The third-order valence-electron chi connectivity index (χ3n) is 3.98. The molecule has 1 atom stereocenters. The van der Waals surface area contributed by atoms with Gasteiger partial charge in [-0.15, -0.1) is 0 Å². The number of nitro groups is 1. The molecule has 0 bridgehead atoms. The Morgan fingerprint density at radius 3 is 2.67 bits per heavy atom. The van der Waals surface area contributed by atoms with Crippen LogP contribution in [0.15, 0.2) is 0 Å². The average Bonchev–Trinajstić information content (AvgIpc) is 3.17. The molecule has 2 N–H and O–H groups in total. The topological polar surface area (TPSA) is 110 Å². The molecule has 116 valence electrons. The van der Waals surface area contributed by atoms with Crippen molar-refractivity contribution in [3.05, 3.63) is 15.8 Å². The van der Waals surface area contributed by atoms with Gasteiger partial charge in [-0.1, -0.05) is 13.3 Å². The summed E-state index contributed by atoms with van der Waals surface area (Å²) < 4.78 is 1.37. The van der Waals surface area contributed by atoms with Gasteiger partial charge in [0.15, 0.2) is 0 Å². The Kier molecular flexibility index (Phi) is 3.89. The standard InChI is InChI=1S/C13H20N4O4/c1-4-5-9-10(17(20)21)11(16(3)15-9)14-13(2,12(18)19)8-6-7-8/h8,14H,4-7H2,1-3H3,(H,18,19). The van der Waals surface area contributed by atoms with E-state index in [-0.39, 0.29) is 17.4 Å². The van der Waals surface area contributed by atoms with Gasteiger partial charge in [0, 0.05) is 7.05 Å².